The van der Waals surface area contributed by atoms with Gasteiger partial charge in [-0.05, 0) is 31.2 Å². The molecular weight excluding hydrogens is 461 g/mol. The first-order valence-corrected chi connectivity index (χ1v) is 11.9. The third-order valence-corrected chi connectivity index (χ3v) is 6.06. The normalized spacial score (nSPS) is 11.8. The lowest BCUT2D eigenvalue weighted by molar-refractivity contribution is 0.472. The van der Waals surface area contributed by atoms with Crippen molar-refractivity contribution < 1.29 is 17.5 Å². The molecular formula is C22H18FN7O3S. The molecule has 5 rings (SSSR count). The summed E-state index contributed by atoms with van der Waals surface area (Å²) >= 11 is 0. The van der Waals surface area contributed by atoms with Crippen molar-refractivity contribution in [2.24, 2.45) is 7.05 Å². The zero-order valence-electron chi connectivity index (χ0n) is 18.3. The molecule has 0 aliphatic carbocycles. The summed E-state index contributed by atoms with van der Waals surface area (Å²) < 4.78 is 46.7. The van der Waals surface area contributed by atoms with E-state index in [4.69, 9.17) is 4.74 Å². The van der Waals surface area contributed by atoms with Crippen molar-refractivity contribution in [1.29, 1.82) is 0 Å². The average Bonchev–Trinajstić information content (AvgIpc) is 3.18. The van der Waals surface area contributed by atoms with Crippen LogP contribution in [0.5, 0.6) is 11.5 Å². The highest BCUT2D eigenvalue weighted by Gasteiger charge is 2.17. The summed E-state index contributed by atoms with van der Waals surface area (Å²) in [6.07, 6.45) is 5.24. The molecule has 3 aromatic heterocycles. The number of nitrogens with one attached hydrogen (secondary N) is 1. The van der Waals surface area contributed by atoms with Crippen LogP contribution in [0.1, 0.15) is 5.56 Å². The van der Waals surface area contributed by atoms with Gasteiger partial charge in [0.1, 0.15) is 28.9 Å². The zero-order valence-corrected chi connectivity index (χ0v) is 19.1. The molecule has 2 aromatic carbocycles. The van der Waals surface area contributed by atoms with Crippen LogP contribution < -0.4 is 10.1 Å². The van der Waals surface area contributed by atoms with Crippen molar-refractivity contribution >= 4 is 43.4 Å². The maximum absolute atomic E-state index is 15.2. The molecule has 0 atom stereocenters. The van der Waals surface area contributed by atoms with Gasteiger partial charge in [-0.15, -0.1) is 0 Å². The first kappa shape index (κ1) is 21.6. The molecule has 10 nitrogen and oxygen atoms in total. The molecule has 0 unspecified atom stereocenters. The summed E-state index contributed by atoms with van der Waals surface area (Å²) in [5.41, 5.74) is 2.57. The molecule has 0 spiro atoms. The number of aromatic nitrogens is 6. The van der Waals surface area contributed by atoms with Crippen LogP contribution in [0, 0.1) is 12.7 Å². The fourth-order valence-electron chi connectivity index (χ4n) is 3.42. The Hall–Kier alpha value is -4.19. The van der Waals surface area contributed by atoms with E-state index in [1.54, 1.807) is 31.5 Å². The number of fused-ring (bicyclic) bond motifs is 2. The monoisotopic (exact) mass is 479 g/mol. The van der Waals surface area contributed by atoms with Gasteiger partial charge in [-0.2, -0.15) is 0 Å². The number of rotatable bonds is 5. The zero-order chi connectivity index (χ0) is 24.0. The van der Waals surface area contributed by atoms with Crippen molar-refractivity contribution in [1.82, 2.24) is 29.5 Å². The van der Waals surface area contributed by atoms with Crippen LogP contribution in [0.2, 0.25) is 0 Å². The molecule has 0 amide bonds. The summed E-state index contributed by atoms with van der Waals surface area (Å²) in [4.78, 5) is 20.3. The minimum absolute atomic E-state index is 0.115. The molecule has 0 bridgehead atoms. The van der Waals surface area contributed by atoms with E-state index in [9.17, 15) is 8.42 Å². The lowest BCUT2D eigenvalue weighted by Gasteiger charge is -2.14. The van der Waals surface area contributed by atoms with Gasteiger partial charge in [0.05, 0.1) is 29.2 Å². The fraction of sp³-hybridized carbons (Fsp3) is 0.136. The van der Waals surface area contributed by atoms with Crippen molar-refractivity contribution in [3.63, 3.8) is 0 Å². The van der Waals surface area contributed by atoms with E-state index in [0.29, 0.717) is 17.0 Å². The number of halogens is 1. The second kappa shape index (κ2) is 7.99. The van der Waals surface area contributed by atoms with E-state index in [2.05, 4.69) is 30.2 Å². The summed E-state index contributed by atoms with van der Waals surface area (Å²) in [6.45, 7) is 1.59. The first-order valence-electron chi connectivity index (χ1n) is 10.0. The molecule has 172 valence electrons. The second-order valence-corrected chi connectivity index (χ2v) is 9.57. The van der Waals surface area contributed by atoms with Gasteiger partial charge in [0.15, 0.2) is 11.6 Å². The van der Waals surface area contributed by atoms with Gasteiger partial charge in [-0.25, -0.2) is 37.7 Å². The molecule has 12 heteroatoms. The highest BCUT2D eigenvalue weighted by atomic mass is 32.2. The second-order valence-electron chi connectivity index (χ2n) is 7.66. The number of ether oxygens (including phenoxy) is 1. The average molecular weight is 479 g/mol. The lowest BCUT2D eigenvalue weighted by atomic mass is 10.1. The largest absolute Gasteiger partial charge is 0.457 e. The van der Waals surface area contributed by atoms with Crippen LogP contribution in [0.4, 0.5) is 15.9 Å². The van der Waals surface area contributed by atoms with Crippen LogP contribution in [-0.2, 0) is 16.9 Å². The standard InChI is InChI=1S/C22H18FN7O3S/c1-12-18(33-13-4-6-17-15(8-13)27-11-30(17)2)7-5-14(19(12)23)28-21-20-16(25-10-26-21)9-24-22(29-20)34(3,31)32/h4-11H,1-3H3,(H,25,26,28). The van der Waals surface area contributed by atoms with Crippen molar-refractivity contribution in [3.05, 3.63) is 60.6 Å². The molecule has 1 N–H and O–H groups in total. The summed E-state index contributed by atoms with van der Waals surface area (Å²) in [7, 11) is -1.75. The maximum atomic E-state index is 15.2. The molecule has 5 aromatic rings. The number of benzene rings is 2. The highest BCUT2D eigenvalue weighted by Crippen LogP contribution is 2.33. The SMILES string of the molecule is Cc1c(Oc2ccc3c(c2)ncn3C)ccc(Nc2ncnc3cnc(S(C)(=O)=O)nc23)c1F. The number of hydrogen-bond donors (Lipinski definition) is 1. The van der Waals surface area contributed by atoms with Crippen LogP contribution in [-0.4, -0.2) is 44.2 Å². The van der Waals surface area contributed by atoms with Crippen LogP contribution >= 0.6 is 0 Å². The quantitative estimate of drug-likeness (QED) is 0.376. The van der Waals surface area contributed by atoms with E-state index in [1.165, 1.54) is 18.6 Å². The molecule has 0 aliphatic rings. The molecule has 0 aliphatic heterocycles. The number of sulfone groups is 1. The molecule has 0 saturated heterocycles. The van der Waals surface area contributed by atoms with Gasteiger partial charge >= 0.3 is 0 Å². The van der Waals surface area contributed by atoms with E-state index >= 15 is 4.39 Å². The van der Waals surface area contributed by atoms with Gasteiger partial charge in [-0.3, -0.25) is 0 Å². The predicted octanol–water partition coefficient (Wildman–Crippen LogP) is 3.69. The highest BCUT2D eigenvalue weighted by molar-refractivity contribution is 7.90. The molecule has 34 heavy (non-hydrogen) atoms. The van der Waals surface area contributed by atoms with Crippen molar-refractivity contribution in [2.45, 2.75) is 12.1 Å². The Balaban J connectivity index is 1.47. The Morgan fingerprint density at radius 3 is 2.68 bits per heavy atom. The van der Waals surface area contributed by atoms with Gasteiger partial charge in [-0.1, -0.05) is 0 Å². The minimum Gasteiger partial charge on any atom is -0.457 e. The number of nitrogens with zero attached hydrogens (tertiary/aromatic N) is 6. The number of imidazole rings is 1. The Morgan fingerprint density at radius 1 is 1.06 bits per heavy atom. The number of aryl methyl sites for hydroxylation is 1. The van der Waals surface area contributed by atoms with E-state index in [1.807, 2.05) is 17.7 Å². The summed E-state index contributed by atoms with van der Waals surface area (Å²) in [6, 6.07) is 8.59. The minimum atomic E-state index is -3.65. The molecule has 0 fully saturated rings. The lowest BCUT2D eigenvalue weighted by Crippen LogP contribution is -2.06. The van der Waals surface area contributed by atoms with Crippen LogP contribution in [0.25, 0.3) is 22.1 Å². The Labute approximate surface area is 193 Å². The summed E-state index contributed by atoms with van der Waals surface area (Å²) in [5, 5.41) is 2.50. The fourth-order valence-corrected chi connectivity index (χ4v) is 3.92. The Morgan fingerprint density at radius 2 is 1.88 bits per heavy atom. The van der Waals surface area contributed by atoms with Gasteiger partial charge in [0.2, 0.25) is 15.0 Å². The van der Waals surface area contributed by atoms with Gasteiger partial charge in [0, 0.05) is 24.9 Å². The molecule has 0 saturated carbocycles. The van der Waals surface area contributed by atoms with Crippen molar-refractivity contribution in [2.75, 3.05) is 11.6 Å². The number of hydrogen-bond acceptors (Lipinski definition) is 9. The van der Waals surface area contributed by atoms with Crippen LogP contribution in [0.3, 0.4) is 0 Å². The topological polar surface area (TPSA) is 125 Å². The number of anilines is 2. The third kappa shape index (κ3) is 3.88. The van der Waals surface area contributed by atoms with Gasteiger partial charge < -0.3 is 14.6 Å². The van der Waals surface area contributed by atoms with Crippen LogP contribution in [0.15, 0.2) is 54.3 Å². The first-order chi connectivity index (χ1) is 16.2. The van der Waals surface area contributed by atoms with Gasteiger partial charge in [0.25, 0.3) is 0 Å². The predicted molar refractivity (Wildman–Crippen MR) is 123 cm³/mol. The van der Waals surface area contributed by atoms with E-state index < -0.39 is 15.7 Å². The third-order valence-electron chi connectivity index (χ3n) is 5.20. The Bertz CT molecular complexity index is 1690. The van der Waals surface area contributed by atoms with E-state index in [-0.39, 0.29) is 27.7 Å². The van der Waals surface area contributed by atoms with Crippen molar-refractivity contribution in [3.8, 4) is 11.5 Å². The summed E-state index contributed by atoms with van der Waals surface area (Å²) in [5.74, 6) is 0.458. The Kier molecular flexibility index (Phi) is 5.09. The molecule has 3 heterocycles. The molecule has 0 radical (unpaired) electrons. The smallest absolute Gasteiger partial charge is 0.247 e. The van der Waals surface area contributed by atoms with E-state index in [0.717, 1.165) is 17.3 Å². The maximum Gasteiger partial charge on any atom is 0.247 e.